The lowest BCUT2D eigenvalue weighted by molar-refractivity contribution is -0.145. The lowest BCUT2D eigenvalue weighted by Gasteiger charge is -2.30. The Morgan fingerprint density at radius 1 is 1.00 bits per heavy atom. The molecule has 2 heterocycles. The van der Waals surface area contributed by atoms with Crippen LogP contribution in [0, 0.1) is 5.92 Å². The van der Waals surface area contributed by atoms with E-state index in [2.05, 4.69) is 24.3 Å². The van der Waals surface area contributed by atoms with E-state index in [0.29, 0.717) is 25.4 Å². The van der Waals surface area contributed by atoms with Crippen molar-refractivity contribution in [2.45, 2.75) is 69.9 Å². The van der Waals surface area contributed by atoms with Gasteiger partial charge in [-0.25, -0.2) is 0 Å². The number of fused-ring (bicyclic) bond motifs is 1. The highest BCUT2D eigenvalue weighted by molar-refractivity contribution is 5.90. The molecule has 0 spiro atoms. The molecule has 150 valence electrons. The van der Waals surface area contributed by atoms with Crippen molar-refractivity contribution in [3.05, 3.63) is 35.4 Å². The molecule has 4 rings (SSSR count). The molecule has 5 nitrogen and oxygen atoms in total. The average molecular weight is 383 g/mol. The summed E-state index contributed by atoms with van der Waals surface area (Å²) in [5.74, 6) is 0.636. The minimum Gasteiger partial charge on any atom is -0.331 e. The van der Waals surface area contributed by atoms with Crippen LogP contribution in [0.15, 0.2) is 24.3 Å². The van der Waals surface area contributed by atoms with Crippen LogP contribution in [-0.2, 0) is 27.2 Å². The molecular formula is C23H30N2O3. The first kappa shape index (κ1) is 19.2. The van der Waals surface area contributed by atoms with Gasteiger partial charge in [-0.05, 0) is 68.4 Å². The van der Waals surface area contributed by atoms with Crippen LogP contribution in [0.4, 0.5) is 0 Å². The first-order chi connectivity index (χ1) is 13.7. The number of likely N-dealkylation sites (tertiary alicyclic amines) is 2. The quantitative estimate of drug-likeness (QED) is 0.736. The fourth-order valence-electron chi connectivity index (χ4n) is 5.21. The Morgan fingerprint density at radius 3 is 2.57 bits per heavy atom. The maximum atomic E-state index is 12.9. The SMILES string of the molecule is O=C[C@@H]1CCCN1C(=O)[C@@H]1CCCN1C(=O)CC[C@@H]1CCc2ccccc2C1. The highest BCUT2D eigenvalue weighted by Crippen LogP contribution is 2.30. The minimum atomic E-state index is -0.361. The number of rotatable bonds is 5. The molecule has 1 aliphatic carbocycles. The Hall–Kier alpha value is -2.17. The molecule has 5 heteroatoms. The van der Waals surface area contributed by atoms with E-state index >= 15 is 0 Å². The molecule has 3 atom stereocenters. The molecule has 2 saturated heterocycles. The van der Waals surface area contributed by atoms with Crippen molar-refractivity contribution in [3.63, 3.8) is 0 Å². The zero-order valence-corrected chi connectivity index (χ0v) is 16.5. The summed E-state index contributed by atoms with van der Waals surface area (Å²) in [4.78, 5) is 40.6. The molecule has 0 bridgehead atoms. The highest BCUT2D eigenvalue weighted by Gasteiger charge is 2.39. The number of nitrogens with zero attached hydrogens (tertiary/aromatic N) is 2. The minimum absolute atomic E-state index is 0.0213. The van der Waals surface area contributed by atoms with Crippen molar-refractivity contribution < 1.29 is 14.4 Å². The van der Waals surface area contributed by atoms with Crippen LogP contribution >= 0.6 is 0 Å². The second-order valence-corrected chi connectivity index (χ2v) is 8.54. The molecule has 3 aliphatic rings. The van der Waals surface area contributed by atoms with E-state index in [1.54, 1.807) is 9.80 Å². The van der Waals surface area contributed by atoms with Crippen LogP contribution < -0.4 is 0 Å². The van der Waals surface area contributed by atoms with Crippen LogP contribution in [-0.4, -0.2) is 53.1 Å². The standard InChI is InChI=1S/C23H30N2O3/c26-16-20-7-3-13-24(20)23(28)21-8-4-14-25(21)22(27)12-10-17-9-11-18-5-1-2-6-19(18)15-17/h1-2,5-6,16-17,20-21H,3-4,7-15H2/t17-,20-,21-/m0/s1. The molecule has 0 saturated carbocycles. The Labute approximate surface area is 167 Å². The van der Waals surface area contributed by atoms with Crippen LogP contribution in [0.5, 0.6) is 0 Å². The van der Waals surface area contributed by atoms with E-state index in [-0.39, 0.29) is 23.9 Å². The Balaban J connectivity index is 1.33. The van der Waals surface area contributed by atoms with Gasteiger partial charge in [-0.3, -0.25) is 9.59 Å². The molecule has 0 radical (unpaired) electrons. The lowest BCUT2D eigenvalue weighted by Crippen LogP contribution is -2.49. The van der Waals surface area contributed by atoms with Gasteiger partial charge in [0.2, 0.25) is 11.8 Å². The molecule has 28 heavy (non-hydrogen) atoms. The largest absolute Gasteiger partial charge is 0.331 e. The number of carbonyl (C=O) groups excluding carboxylic acids is 3. The average Bonchev–Trinajstić information content (AvgIpc) is 3.40. The third kappa shape index (κ3) is 3.85. The Kier molecular flexibility index (Phi) is 5.79. The number of hydrogen-bond acceptors (Lipinski definition) is 3. The van der Waals surface area contributed by atoms with E-state index in [9.17, 15) is 14.4 Å². The third-order valence-electron chi connectivity index (χ3n) is 6.81. The number of benzene rings is 1. The van der Waals surface area contributed by atoms with Gasteiger partial charge in [-0.1, -0.05) is 24.3 Å². The van der Waals surface area contributed by atoms with E-state index < -0.39 is 0 Å². The molecule has 1 aromatic carbocycles. The predicted molar refractivity (Wildman–Crippen MR) is 107 cm³/mol. The molecule has 0 unspecified atom stereocenters. The summed E-state index contributed by atoms with van der Waals surface area (Å²) >= 11 is 0. The van der Waals surface area contributed by atoms with E-state index in [4.69, 9.17) is 0 Å². The first-order valence-electron chi connectivity index (χ1n) is 10.8. The summed E-state index contributed by atoms with van der Waals surface area (Å²) in [6.07, 6.45) is 8.82. The van der Waals surface area contributed by atoms with Crippen LogP contribution in [0.3, 0.4) is 0 Å². The van der Waals surface area contributed by atoms with Gasteiger partial charge in [-0.2, -0.15) is 0 Å². The van der Waals surface area contributed by atoms with Gasteiger partial charge in [0.15, 0.2) is 0 Å². The van der Waals surface area contributed by atoms with Crippen molar-refractivity contribution in [2.24, 2.45) is 5.92 Å². The monoisotopic (exact) mass is 382 g/mol. The normalized spacial score (nSPS) is 26.9. The fourth-order valence-corrected chi connectivity index (χ4v) is 5.21. The van der Waals surface area contributed by atoms with Gasteiger partial charge in [0.1, 0.15) is 12.3 Å². The van der Waals surface area contributed by atoms with Crippen molar-refractivity contribution >= 4 is 18.1 Å². The topological polar surface area (TPSA) is 57.7 Å². The summed E-state index contributed by atoms with van der Waals surface area (Å²) in [6, 6.07) is 7.95. The van der Waals surface area contributed by atoms with E-state index in [0.717, 1.165) is 57.7 Å². The number of carbonyl (C=O) groups is 3. The number of hydrogen-bond donors (Lipinski definition) is 0. The fraction of sp³-hybridized carbons (Fsp3) is 0.609. The number of aldehydes is 1. The van der Waals surface area contributed by atoms with Crippen molar-refractivity contribution in [3.8, 4) is 0 Å². The zero-order chi connectivity index (χ0) is 19.5. The van der Waals surface area contributed by atoms with Gasteiger partial charge in [0.05, 0.1) is 6.04 Å². The molecule has 2 fully saturated rings. The molecular weight excluding hydrogens is 352 g/mol. The zero-order valence-electron chi connectivity index (χ0n) is 16.5. The van der Waals surface area contributed by atoms with Crippen molar-refractivity contribution in [1.82, 2.24) is 9.80 Å². The number of amides is 2. The van der Waals surface area contributed by atoms with Gasteiger partial charge in [0, 0.05) is 19.5 Å². The molecule has 1 aromatic rings. The first-order valence-corrected chi connectivity index (χ1v) is 10.8. The molecule has 0 N–H and O–H groups in total. The van der Waals surface area contributed by atoms with Crippen molar-refractivity contribution in [1.29, 1.82) is 0 Å². The van der Waals surface area contributed by atoms with Gasteiger partial charge in [-0.15, -0.1) is 0 Å². The molecule has 2 amide bonds. The number of aryl methyl sites for hydroxylation is 1. The van der Waals surface area contributed by atoms with Crippen molar-refractivity contribution in [2.75, 3.05) is 13.1 Å². The highest BCUT2D eigenvalue weighted by atomic mass is 16.2. The van der Waals surface area contributed by atoms with Crippen LogP contribution in [0.1, 0.15) is 56.1 Å². The summed E-state index contributed by atoms with van der Waals surface area (Å²) in [5.41, 5.74) is 2.87. The predicted octanol–water partition coefficient (Wildman–Crippen LogP) is 2.75. The maximum Gasteiger partial charge on any atom is 0.245 e. The third-order valence-corrected chi connectivity index (χ3v) is 6.81. The van der Waals surface area contributed by atoms with Gasteiger partial charge in [0.25, 0.3) is 0 Å². The Morgan fingerprint density at radius 2 is 1.75 bits per heavy atom. The Bertz CT molecular complexity index is 747. The van der Waals surface area contributed by atoms with E-state index in [1.807, 2.05) is 0 Å². The smallest absolute Gasteiger partial charge is 0.245 e. The maximum absolute atomic E-state index is 12.9. The van der Waals surface area contributed by atoms with Crippen LogP contribution in [0.25, 0.3) is 0 Å². The summed E-state index contributed by atoms with van der Waals surface area (Å²) < 4.78 is 0. The molecule has 2 aliphatic heterocycles. The summed E-state index contributed by atoms with van der Waals surface area (Å²) in [6.45, 7) is 1.31. The second kappa shape index (κ2) is 8.46. The van der Waals surface area contributed by atoms with Crippen LogP contribution in [0.2, 0.25) is 0 Å². The van der Waals surface area contributed by atoms with Gasteiger partial charge < -0.3 is 14.6 Å². The lowest BCUT2D eigenvalue weighted by atomic mass is 9.81. The summed E-state index contributed by atoms with van der Waals surface area (Å²) in [5, 5.41) is 0. The second-order valence-electron chi connectivity index (χ2n) is 8.54. The van der Waals surface area contributed by atoms with E-state index in [1.165, 1.54) is 11.1 Å². The molecule has 0 aromatic heterocycles. The van der Waals surface area contributed by atoms with Gasteiger partial charge >= 0.3 is 0 Å². The summed E-state index contributed by atoms with van der Waals surface area (Å²) in [7, 11) is 0.